The highest BCUT2D eigenvalue weighted by molar-refractivity contribution is 5.91. The number of hydrogen-bond acceptors (Lipinski definition) is 11. The quantitative estimate of drug-likeness (QED) is 0.177. The third-order valence-corrected chi connectivity index (χ3v) is 10.1. The van der Waals surface area contributed by atoms with Crippen molar-refractivity contribution >= 4 is 18.0 Å². The van der Waals surface area contributed by atoms with Crippen molar-refractivity contribution in [3.8, 4) is 0 Å². The van der Waals surface area contributed by atoms with Crippen LogP contribution < -0.4 is 0 Å². The standard InChI is InChI=1S/C40H59FN2O9/c1-8-34-30(24-41)21-25(2)15-16-32(45)26(3)22-29(17-19-44)38(27(4)33(46)23-35(47)51-34)52-40-37(48)36(43(6)7)39(28(5)50-40)49-20-12-10-14-31-13-9-11-18-42-31/h9-13,15-16,18-19,21,26-30,33-34,36-40,46,48H,8,14,17,20,22-24H2,1-7H3/b12-10+,16-15+,25-21+/t26-,27+,28-,29+,30-,33-,34-,36-,37-,38-,39-,40+/m1/s1. The van der Waals surface area contributed by atoms with Gasteiger partial charge in [0.2, 0.25) is 0 Å². The minimum absolute atomic E-state index is 0.00538. The second-order valence-corrected chi connectivity index (χ2v) is 14.4. The van der Waals surface area contributed by atoms with Gasteiger partial charge in [-0.15, -0.1) is 0 Å². The molecule has 0 bridgehead atoms. The number of alkyl halides is 1. The summed E-state index contributed by atoms with van der Waals surface area (Å²) in [4.78, 5) is 44.6. The summed E-state index contributed by atoms with van der Waals surface area (Å²) in [5.41, 5.74) is 1.57. The Morgan fingerprint density at radius 1 is 1.10 bits per heavy atom. The lowest BCUT2D eigenvalue weighted by Crippen LogP contribution is -2.64. The SMILES string of the molecule is CC[C@H]1OC(=O)C[C@@H](O)[C@H](C)[C@@H](O[C@@H]2O[C@H](C)[C@@H](OC/C=C/Cc3ccccn3)[C@H](N(C)C)[C@H]2O)[C@@H](CC=O)C[C@@H](C)C(=O)/C=C/C(C)=C/[C@@H]1CF. The van der Waals surface area contributed by atoms with Gasteiger partial charge in [0.25, 0.3) is 0 Å². The predicted octanol–water partition coefficient (Wildman–Crippen LogP) is 4.60. The molecule has 0 amide bonds. The number of hydrogen-bond donors (Lipinski definition) is 2. The summed E-state index contributed by atoms with van der Waals surface area (Å²) >= 11 is 0. The van der Waals surface area contributed by atoms with Crippen LogP contribution in [-0.2, 0) is 39.8 Å². The number of rotatable bonds is 12. The summed E-state index contributed by atoms with van der Waals surface area (Å²) in [6.45, 7) is 8.30. The van der Waals surface area contributed by atoms with Crippen LogP contribution in [0.4, 0.5) is 4.39 Å². The van der Waals surface area contributed by atoms with Crippen molar-refractivity contribution in [2.45, 2.75) is 116 Å². The zero-order chi connectivity index (χ0) is 38.4. The molecule has 2 aliphatic rings. The van der Waals surface area contributed by atoms with Crippen LogP contribution in [0, 0.1) is 23.7 Å². The normalized spacial score (nSPS) is 35.9. The number of likely N-dealkylation sites (N-methyl/N-ethyl adjacent to an activating group) is 1. The van der Waals surface area contributed by atoms with Crippen molar-refractivity contribution < 1.29 is 47.9 Å². The summed E-state index contributed by atoms with van der Waals surface area (Å²) in [6, 6.07) is 5.18. The van der Waals surface area contributed by atoms with Gasteiger partial charge in [0.1, 0.15) is 24.6 Å². The molecule has 1 aromatic heterocycles. The Morgan fingerprint density at radius 2 is 1.85 bits per heavy atom. The van der Waals surface area contributed by atoms with Gasteiger partial charge in [-0.2, -0.15) is 0 Å². The molecular weight excluding hydrogens is 671 g/mol. The van der Waals surface area contributed by atoms with Gasteiger partial charge in [0, 0.05) is 42.5 Å². The fourth-order valence-corrected chi connectivity index (χ4v) is 7.07. The van der Waals surface area contributed by atoms with Gasteiger partial charge in [0.05, 0.1) is 44.1 Å². The Balaban J connectivity index is 1.88. The van der Waals surface area contributed by atoms with Crippen molar-refractivity contribution in [2.24, 2.45) is 23.7 Å². The summed E-state index contributed by atoms with van der Waals surface area (Å²) in [5.74, 6) is -3.52. The lowest BCUT2D eigenvalue weighted by Gasteiger charge is -2.48. The van der Waals surface area contributed by atoms with Crippen LogP contribution in [0.3, 0.4) is 0 Å². The number of ether oxygens (including phenoxy) is 4. The van der Waals surface area contributed by atoms with E-state index in [9.17, 15) is 29.0 Å². The van der Waals surface area contributed by atoms with Crippen molar-refractivity contribution in [1.82, 2.24) is 9.88 Å². The zero-order valence-corrected chi connectivity index (χ0v) is 31.7. The monoisotopic (exact) mass is 730 g/mol. The molecule has 0 spiro atoms. The minimum Gasteiger partial charge on any atom is -0.462 e. The molecular formula is C40H59FN2O9. The van der Waals surface area contributed by atoms with Crippen LogP contribution in [0.15, 0.2) is 60.3 Å². The van der Waals surface area contributed by atoms with Crippen LogP contribution in [0.1, 0.15) is 66.0 Å². The number of carbonyl (C=O) groups excluding carboxylic acids is 3. The first-order chi connectivity index (χ1) is 24.8. The molecule has 12 atom stereocenters. The van der Waals surface area contributed by atoms with Gasteiger partial charge in [0.15, 0.2) is 12.1 Å². The number of aldehydes is 1. The Morgan fingerprint density at radius 3 is 2.48 bits per heavy atom. The second-order valence-electron chi connectivity index (χ2n) is 14.4. The number of aliphatic hydroxyl groups excluding tert-OH is 2. The largest absolute Gasteiger partial charge is 0.462 e. The van der Waals surface area contributed by atoms with E-state index >= 15 is 0 Å². The molecule has 52 heavy (non-hydrogen) atoms. The molecule has 0 aliphatic carbocycles. The number of allylic oxidation sites excluding steroid dienone is 4. The molecule has 0 unspecified atom stereocenters. The topological polar surface area (TPSA) is 145 Å². The van der Waals surface area contributed by atoms with Crippen LogP contribution in [0.25, 0.3) is 0 Å². The first kappa shape index (κ1) is 43.3. The molecule has 290 valence electrons. The van der Waals surface area contributed by atoms with Crippen molar-refractivity contribution in [1.29, 1.82) is 0 Å². The number of carbonyl (C=O) groups is 3. The number of ketones is 1. The number of pyridine rings is 1. The zero-order valence-electron chi connectivity index (χ0n) is 31.7. The first-order valence-electron chi connectivity index (χ1n) is 18.4. The Bertz CT molecular complexity index is 1360. The van der Waals surface area contributed by atoms with Gasteiger partial charge < -0.3 is 38.9 Å². The molecule has 1 fully saturated rings. The summed E-state index contributed by atoms with van der Waals surface area (Å²) in [7, 11) is 3.65. The average molecular weight is 731 g/mol. The van der Waals surface area contributed by atoms with Gasteiger partial charge >= 0.3 is 5.97 Å². The molecule has 2 N–H and O–H groups in total. The Labute approximate surface area is 308 Å². The van der Waals surface area contributed by atoms with E-state index in [-0.39, 0.29) is 25.2 Å². The average Bonchev–Trinajstić information content (AvgIpc) is 3.11. The highest BCUT2D eigenvalue weighted by Crippen LogP contribution is 2.35. The summed E-state index contributed by atoms with van der Waals surface area (Å²) in [6.07, 6.45) is 5.37. The van der Waals surface area contributed by atoms with Crippen LogP contribution in [-0.4, -0.2) is 114 Å². The Kier molecular flexibility index (Phi) is 17.9. The van der Waals surface area contributed by atoms with Crippen molar-refractivity contribution in [2.75, 3.05) is 27.4 Å². The van der Waals surface area contributed by atoms with E-state index in [4.69, 9.17) is 18.9 Å². The number of aromatic nitrogens is 1. The van der Waals surface area contributed by atoms with E-state index in [1.54, 1.807) is 46.0 Å². The molecule has 1 saturated heterocycles. The molecule has 0 aromatic carbocycles. The van der Waals surface area contributed by atoms with Crippen molar-refractivity contribution in [3.05, 3.63) is 66.0 Å². The maximum atomic E-state index is 14.1. The molecule has 3 rings (SSSR count). The third kappa shape index (κ3) is 12.5. The fourth-order valence-electron chi connectivity index (χ4n) is 7.07. The molecule has 1 aromatic rings. The third-order valence-electron chi connectivity index (χ3n) is 10.1. The lowest BCUT2D eigenvalue weighted by molar-refractivity contribution is -0.308. The minimum atomic E-state index is -1.29. The molecule has 3 heterocycles. The van der Waals surface area contributed by atoms with Gasteiger partial charge in [-0.3, -0.25) is 19.0 Å². The van der Waals surface area contributed by atoms with Crippen molar-refractivity contribution in [3.63, 3.8) is 0 Å². The number of cyclic esters (lactones) is 1. The van der Waals surface area contributed by atoms with E-state index in [2.05, 4.69) is 4.98 Å². The van der Waals surface area contributed by atoms with Crippen LogP contribution in [0.2, 0.25) is 0 Å². The number of halogens is 1. The number of aliphatic hydroxyl groups is 2. The van der Waals surface area contributed by atoms with E-state index in [1.165, 1.54) is 6.08 Å². The molecule has 11 nitrogen and oxygen atoms in total. The van der Waals surface area contributed by atoms with E-state index < -0.39 is 91.7 Å². The number of nitrogens with zero attached hydrogens (tertiary/aromatic N) is 2. The highest BCUT2D eigenvalue weighted by Gasteiger charge is 2.48. The Hall–Kier alpha value is -3.13. The molecule has 2 aliphatic heterocycles. The predicted molar refractivity (Wildman–Crippen MR) is 195 cm³/mol. The maximum Gasteiger partial charge on any atom is 0.308 e. The summed E-state index contributed by atoms with van der Waals surface area (Å²) in [5, 5.41) is 23.2. The molecule has 0 radical (unpaired) electrons. The lowest BCUT2D eigenvalue weighted by atomic mass is 9.79. The molecule has 12 heteroatoms. The highest BCUT2D eigenvalue weighted by atomic mass is 19.1. The number of esters is 1. The van der Waals surface area contributed by atoms with E-state index in [1.807, 2.05) is 56.3 Å². The van der Waals surface area contributed by atoms with Gasteiger partial charge in [-0.05, 0) is 64.9 Å². The van der Waals surface area contributed by atoms with E-state index in [0.717, 1.165) is 12.0 Å². The van der Waals surface area contributed by atoms with Crippen LogP contribution in [0.5, 0.6) is 0 Å². The smallest absolute Gasteiger partial charge is 0.308 e. The van der Waals surface area contributed by atoms with Gasteiger partial charge in [-0.25, -0.2) is 0 Å². The van der Waals surface area contributed by atoms with Crippen LogP contribution >= 0.6 is 0 Å². The van der Waals surface area contributed by atoms with E-state index in [0.29, 0.717) is 18.4 Å². The fraction of sp³-hybridized carbons (Fsp3) is 0.650. The second kappa shape index (κ2) is 21.5. The molecule has 0 saturated carbocycles. The summed E-state index contributed by atoms with van der Waals surface area (Å²) < 4.78 is 38.8. The first-order valence-corrected chi connectivity index (χ1v) is 18.4. The van der Waals surface area contributed by atoms with Gasteiger partial charge in [-0.1, -0.05) is 56.7 Å². The maximum absolute atomic E-state index is 14.1.